The van der Waals surface area contributed by atoms with Gasteiger partial charge >= 0.3 is 0 Å². The lowest BCUT2D eigenvalue weighted by atomic mass is 10.1. The zero-order valence-corrected chi connectivity index (χ0v) is 12.6. The minimum Gasteiger partial charge on any atom is -0.493 e. The average Bonchev–Trinajstić information content (AvgIpc) is 2.91. The first-order valence-corrected chi connectivity index (χ1v) is 6.87. The maximum Gasteiger partial charge on any atom is 0.271 e. The molecule has 2 aromatic carbocycles. The molecule has 0 radical (unpaired) electrons. The molecule has 23 heavy (non-hydrogen) atoms. The van der Waals surface area contributed by atoms with Crippen LogP contribution in [0.4, 0.5) is 11.4 Å². The third-order valence-corrected chi connectivity index (χ3v) is 3.77. The average molecular weight is 314 g/mol. The maximum atomic E-state index is 12.7. The Morgan fingerprint density at radius 1 is 1.17 bits per heavy atom. The number of fused-ring (bicyclic) bond motifs is 1. The number of hydrogen-bond acceptors (Lipinski definition) is 5. The molecule has 0 spiro atoms. The van der Waals surface area contributed by atoms with E-state index in [4.69, 9.17) is 9.47 Å². The topological polar surface area (TPSA) is 81.9 Å². The summed E-state index contributed by atoms with van der Waals surface area (Å²) in [6.07, 6.45) is 0. The second-order valence-corrected chi connectivity index (χ2v) is 5.00. The van der Waals surface area contributed by atoms with E-state index in [0.29, 0.717) is 29.3 Å². The lowest BCUT2D eigenvalue weighted by Crippen LogP contribution is -2.23. The molecule has 0 unspecified atom stereocenters. The zero-order valence-electron chi connectivity index (χ0n) is 12.6. The Hall–Kier alpha value is -3.09. The fourth-order valence-corrected chi connectivity index (χ4v) is 2.69. The third-order valence-electron chi connectivity index (χ3n) is 3.77. The zero-order chi connectivity index (χ0) is 16.6. The molecule has 7 heteroatoms. The van der Waals surface area contributed by atoms with Gasteiger partial charge in [0.25, 0.3) is 11.6 Å². The minimum atomic E-state index is -0.485. The highest BCUT2D eigenvalue weighted by Gasteiger charge is 2.33. The predicted molar refractivity (Wildman–Crippen MR) is 83.2 cm³/mol. The van der Waals surface area contributed by atoms with Crippen molar-refractivity contribution in [1.82, 2.24) is 0 Å². The Balaban J connectivity index is 2.05. The highest BCUT2D eigenvalue weighted by Crippen LogP contribution is 2.40. The van der Waals surface area contributed by atoms with Crippen LogP contribution in [0, 0.1) is 10.1 Å². The number of hydrogen-bond donors (Lipinski definition) is 0. The van der Waals surface area contributed by atoms with E-state index in [1.807, 2.05) is 0 Å². The van der Waals surface area contributed by atoms with Gasteiger partial charge in [-0.2, -0.15) is 0 Å². The number of nitrogens with zero attached hydrogens (tertiary/aromatic N) is 2. The van der Waals surface area contributed by atoms with Gasteiger partial charge in [0.1, 0.15) is 0 Å². The van der Waals surface area contributed by atoms with Gasteiger partial charge in [0.2, 0.25) is 0 Å². The summed E-state index contributed by atoms with van der Waals surface area (Å²) in [7, 11) is 2.98. The van der Waals surface area contributed by atoms with E-state index in [1.54, 1.807) is 24.3 Å². The number of rotatable bonds is 4. The Morgan fingerprint density at radius 2 is 1.96 bits per heavy atom. The molecular weight excluding hydrogens is 300 g/mol. The van der Waals surface area contributed by atoms with Gasteiger partial charge in [-0.05, 0) is 17.7 Å². The summed E-state index contributed by atoms with van der Waals surface area (Å²) in [4.78, 5) is 24.7. The molecule has 1 aliphatic heterocycles. The highest BCUT2D eigenvalue weighted by molar-refractivity contribution is 6.12. The molecule has 0 atom stereocenters. The first kappa shape index (κ1) is 14.8. The fourth-order valence-electron chi connectivity index (χ4n) is 2.69. The standard InChI is InChI=1S/C16H14N2O5/c1-22-13-7-6-10-9-17(16(19)14(10)15(13)23-2)11-4-3-5-12(8-11)18(20)21/h3-8H,9H2,1-2H3. The van der Waals surface area contributed by atoms with Crippen molar-refractivity contribution >= 4 is 17.3 Å². The van der Waals surface area contributed by atoms with Gasteiger partial charge in [-0.3, -0.25) is 14.9 Å². The molecule has 0 bridgehead atoms. The molecule has 0 N–H and O–H groups in total. The normalized spacial score (nSPS) is 13.0. The molecule has 1 heterocycles. The maximum absolute atomic E-state index is 12.7. The van der Waals surface area contributed by atoms with E-state index in [1.165, 1.54) is 31.3 Å². The molecule has 2 aromatic rings. The molecule has 0 saturated heterocycles. The van der Waals surface area contributed by atoms with Crippen LogP contribution in [0.25, 0.3) is 0 Å². The molecule has 118 valence electrons. The van der Waals surface area contributed by atoms with Gasteiger partial charge in [0.05, 0.1) is 36.9 Å². The molecule has 0 aliphatic carbocycles. The van der Waals surface area contributed by atoms with Gasteiger partial charge in [-0.25, -0.2) is 0 Å². The van der Waals surface area contributed by atoms with E-state index in [0.717, 1.165) is 5.56 Å². The van der Waals surface area contributed by atoms with Crippen molar-refractivity contribution in [3.63, 3.8) is 0 Å². The summed E-state index contributed by atoms with van der Waals surface area (Å²) in [6.45, 7) is 0.329. The van der Waals surface area contributed by atoms with Crippen LogP contribution in [0.3, 0.4) is 0 Å². The van der Waals surface area contributed by atoms with Crippen molar-refractivity contribution in [2.24, 2.45) is 0 Å². The van der Waals surface area contributed by atoms with E-state index in [-0.39, 0.29) is 11.6 Å². The first-order chi connectivity index (χ1) is 11.1. The van der Waals surface area contributed by atoms with Crippen molar-refractivity contribution in [2.75, 3.05) is 19.1 Å². The van der Waals surface area contributed by atoms with Gasteiger partial charge < -0.3 is 14.4 Å². The van der Waals surface area contributed by atoms with Crippen LogP contribution in [0.15, 0.2) is 36.4 Å². The van der Waals surface area contributed by atoms with Crippen molar-refractivity contribution < 1.29 is 19.2 Å². The third kappa shape index (κ3) is 2.36. The minimum absolute atomic E-state index is 0.0594. The number of nitro groups is 1. The number of carbonyl (C=O) groups excluding carboxylic acids is 1. The van der Waals surface area contributed by atoms with Gasteiger partial charge in [-0.15, -0.1) is 0 Å². The molecule has 0 fully saturated rings. The molecule has 3 rings (SSSR count). The Morgan fingerprint density at radius 3 is 2.61 bits per heavy atom. The number of benzene rings is 2. The molecule has 7 nitrogen and oxygen atoms in total. The number of amides is 1. The van der Waals surface area contributed by atoms with E-state index in [2.05, 4.69) is 0 Å². The van der Waals surface area contributed by atoms with Gasteiger partial charge in [0.15, 0.2) is 11.5 Å². The molecule has 1 aliphatic rings. The molecule has 1 amide bonds. The SMILES string of the molecule is COc1ccc2c(c1OC)C(=O)N(c1cccc([N+](=O)[O-])c1)C2. The van der Waals surface area contributed by atoms with Crippen LogP contribution in [0.2, 0.25) is 0 Å². The summed E-state index contributed by atoms with van der Waals surface area (Å²) in [5, 5.41) is 10.9. The largest absolute Gasteiger partial charge is 0.493 e. The summed E-state index contributed by atoms with van der Waals surface area (Å²) < 4.78 is 10.5. The fraction of sp³-hybridized carbons (Fsp3) is 0.188. The molecule has 0 saturated carbocycles. The van der Waals surface area contributed by atoms with Crippen LogP contribution in [-0.4, -0.2) is 25.1 Å². The Kier molecular flexibility index (Phi) is 3.61. The summed E-state index contributed by atoms with van der Waals surface area (Å²) in [5.74, 6) is 0.583. The second kappa shape index (κ2) is 5.60. The molecular formula is C16H14N2O5. The molecule has 0 aromatic heterocycles. The monoisotopic (exact) mass is 314 g/mol. The number of nitro benzene ring substituents is 1. The number of carbonyl (C=O) groups is 1. The lowest BCUT2D eigenvalue weighted by Gasteiger charge is -2.15. The predicted octanol–water partition coefficient (Wildman–Crippen LogP) is 2.77. The smallest absolute Gasteiger partial charge is 0.271 e. The quantitative estimate of drug-likeness (QED) is 0.640. The van der Waals surface area contributed by atoms with Crippen LogP contribution in [0.1, 0.15) is 15.9 Å². The van der Waals surface area contributed by atoms with E-state index < -0.39 is 4.92 Å². The van der Waals surface area contributed by atoms with Crippen LogP contribution < -0.4 is 14.4 Å². The number of non-ortho nitro benzene ring substituents is 1. The Labute approximate surface area is 132 Å². The van der Waals surface area contributed by atoms with E-state index >= 15 is 0 Å². The highest BCUT2D eigenvalue weighted by atomic mass is 16.6. The van der Waals surface area contributed by atoms with E-state index in [9.17, 15) is 14.9 Å². The summed E-state index contributed by atoms with van der Waals surface area (Å²) in [5.41, 5.74) is 1.63. The van der Waals surface area contributed by atoms with Gasteiger partial charge in [-0.1, -0.05) is 12.1 Å². The lowest BCUT2D eigenvalue weighted by molar-refractivity contribution is -0.384. The van der Waals surface area contributed by atoms with Crippen LogP contribution in [0.5, 0.6) is 11.5 Å². The Bertz CT molecular complexity index is 803. The second-order valence-electron chi connectivity index (χ2n) is 5.00. The number of anilines is 1. The first-order valence-electron chi connectivity index (χ1n) is 6.87. The number of ether oxygens (including phenoxy) is 2. The summed E-state index contributed by atoms with van der Waals surface area (Å²) >= 11 is 0. The van der Waals surface area contributed by atoms with Crippen molar-refractivity contribution in [2.45, 2.75) is 6.54 Å². The van der Waals surface area contributed by atoms with Crippen LogP contribution in [-0.2, 0) is 6.54 Å². The number of methoxy groups -OCH3 is 2. The summed E-state index contributed by atoms with van der Waals surface area (Å²) in [6, 6.07) is 9.53. The van der Waals surface area contributed by atoms with Crippen molar-refractivity contribution in [3.05, 3.63) is 57.6 Å². The van der Waals surface area contributed by atoms with Crippen molar-refractivity contribution in [1.29, 1.82) is 0 Å². The van der Waals surface area contributed by atoms with Crippen LogP contribution >= 0.6 is 0 Å². The van der Waals surface area contributed by atoms with Crippen molar-refractivity contribution in [3.8, 4) is 11.5 Å². The van der Waals surface area contributed by atoms with Gasteiger partial charge in [0, 0.05) is 12.1 Å².